The third kappa shape index (κ3) is 5.65. The summed E-state index contributed by atoms with van der Waals surface area (Å²) in [7, 11) is 3.72. The lowest BCUT2D eigenvalue weighted by Crippen LogP contribution is -2.39. The molecule has 1 aliphatic rings. The van der Waals surface area contributed by atoms with Gasteiger partial charge in [0.25, 0.3) is 0 Å². The number of ether oxygens (including phenoxy) is 2. The highest BCUT2D eigenvalue weighted by Crippen LogP contribution is 2.38. The summed E-state index contributed by atoms with van der Waals surface area (Å²) >= 11 is 6.16. The van der Waals surface area contributed by atoms with Crippen LogP contribution in [0.4, 0.5) is 0 Å². The number of hydrogen-bond acceptors (Lipinski definition) is 5. The molecule has 1 amide bonds. The van der Waals surface area contributed by atoms with Gasteiger partial charge in [-0.05, 0) is 37.9 Å². The van der Waals surface area contributed by atoms with Crippen molar-refractivity contribution in [3.05, 3.63) is 28.8 Å². The predicted octanol–water partition coefficient (Wildman–Crippen LogP) is 1.60. The number of fused-ring (bicyclic) bond motifs is 1. The fraction of sp³-hybridized carbons (Fsp3) is 0.412. The minimum absolute atomic E-state index is 0.324. The number of rotatable bonds is 7. The van der Waals surface area contributed by atoms with Crippen LogP contribution in [0, 0.1) is 0 Å². The minimum Gasteiger partial charge on any atom is -0.486 e. The van der Waals surface area contributed by atoms with E-state index in [1.165, 1.54) is 11.0 Å². The van der Waals surface area contributed by atoms with Gasteiger partial charge in [-0.2, -0.15) is 0 Å². The van der Waals surface area contributed by atoms with Gasteiger partial charge in [-0.15, -0.1) is 0 Å². The van der Waals surface area contributed by atoms with Crippen molar-refractivity contribution in [3.8, 4) is 11.5 Å². The molecule has 0 aromatic heterocycles. The summed E-state index contributed by atoms with van der Waals surface area (Å²) in [4.78, 5) is 26.4. The van der Waals surface area contributed by atoms with Gasteiger partial charge in [0.05, 0.1) is 5.02 Å². The summed E-state index contributed by atoms with van der Waals surface area (Å²) in [5.74, 6) is -0.408. The van der Waals surface area contributed by atoms with Crippen molar-refractivity contribution in [2.24, 2.45) is 0 Å². The van der Waals surface area contributed by atoms with E-state index in [0.29, 0.717) is 48.4 Å². The standard InChI is InChI=1S/C17H21ClN2O5/c1-19(2)5-6-20(11-16(22)23)15(21)4-3-12-9-13(18)17-14(10-12)24-7-8-25-17/h3-4,9-10H,5-8,11H2,1-2H3,(H,22,23)/b4-3+. The van der Waals surface area contributed by atoms with Crippen molar-refractivity contribution >= 4 is 29.6 Å². The maximum absolute atomic E-state index is 12.3. The van der Waals surface area contributed by atoms with E-state index in [4.69, 9.17) is 26.2 Å². The first-order chi connectivity index (χ1) is 11.9. The first-order valence-electron chi connectivity index (χ1n) is 7.79. The molecule has 0 saturated carbocycles. The number of halogens is 1. The number of carbonyl (C=O) groups is 2. The Morgan fingerprint density at radius 3 is 2.64 bits per heavy atom. The number of carboxylic acids is 1. The normalized spacial score (nSPS) is 13.3. The molecule has 0 radical (unpaired) electrons. The number of aliphatic carboxylic acids is 1. The summed E-state index contributed by atoms with van der Waals surface area (Å²) < 4.78 is 10.9. The topological polar surface area (TPSA) is 79.3 Å². The van der Waals surface area contributed by atoms with E-state index in [-0.39, 0.29) is 12.5 Å². The number of carboxylic acid groups (broad SMARTS) is 1. The Morgan fingerprint density at radius 2 is 1.96 bits per heavy atom. The van der Waals surface area contributed by atoms with Crippen LogP contribution in [-0.2, 0) is 9.59 Å². The Labute approximate surface area is 151 Å². The summed E-state index contributed by atoms with van der Waals surface area (Å²) in [5, 5.41) is 9.37. The van der Waals surface area contributed by atoms with Crippen LogP contribution in [0.5, 0.6) is 11.5 Å². The molecule has 0 spiro atoms. The van der Waals surface area contributed by atoms with E-state index < -0.39 is 5.97 Å². The van der Waals surface area contributed by atoms with Gasteiger partial charge in [-0.3, -0.25) is 9.59 Å². The van der Waals surface area contributed by atoms with Crippen molar-refractivity contribution in [2.45, 2.75) is 0 Å². The number of hydrogen-bond donors (Lipinski definition) is 1. The highest BCUT2D eigenvalue weighted by molar-refractivity contribution is 6.32. The Morgan fingerprint density at radius 1 is 1.24 bits per heavy atom. The van der Waals surface area contributed by atoms with Gasteiger partial charge in [-0.25, -0.2) is 0 Å². The molecule has 2 rings (SSSR count). The second kappa shape index (κ2) is 8.73. The van der Waals surface area contributed by atoms with E-state index in [2.05, 4.69) is 0 Å². The van der Waals surface area contributed by atoms with Crippen molar-refractivity contribution in [1.29, 1.82) is 0 Å². The van der Waals surface area contributed by atoms with Crippen LogP contribution in [0.15, 0.2) is 18.2 Å². The molecule has 0 bridgehead atoms. The van der Waals surface area contributed by atoms with Crippen molar-refractivity contribution in [1.82, 2.24) is 9.80 Å². The number of carbonyl (C=O) groups excluding carboxylic acids is 1. The SMILES string of the molecule is CN(C)CCN(CC(=O)O)C(=O)/C=C/c1cc(Cl)c2c(c1)OCCO2. The quantitative estimate of drug-likeness (QED) is 0.736. The lowest BCUT2D eigenvalue weighted by molar-refractivity contribution is -0.142. The molecule has 1 N–H and O–H groups in total. The second-order valence-electron chi connectivity index (χ2n) is 5.82. The molecular formula is C17H21ClN2O5. The lowest BCUT2D eigenvalue weighted by Gasteiger charge is -2.21. The first kappa shape index (κ1) is 19.1. The van der Waals surface area contributed by atoms with Gasteiger partial charge in [0.2, 0.25) is 5.91 Å². The molecular weight excluding hydrogens is 348 g/mol. The maximum atomic E-state index is 12.3. The average Bonchev–Trinajstić information content (AvgIpc) is 2.56. The number of benzene rings is 1. The van der Waals surface area contributed by atoms with Crippen LogP contribution in [0.2, 0.25) is 5.02 Å². The van der Waals surface area contributed by atoms with Crippen LogP contribution in [0.25, 0.3) is 6.08 Å². The van der Waals surface area contributed by atoms with Crippen LogP contribution in [0.3, 0.4) is 0 Å². The smallest absolute Gasteiger partial charge is 0.323 e. The number of likely N-dealkylation sites (N-methyl/N-ethyl adjacent to an activating group) is 1. The highest BCUT2D eigenvalue weighted by Gasteiger charge is 2.17. The fourth-order valence-corrected chi connectivity index (χ4v) is 2.52. The highest BCUT2D eigenvalue weighted by atomic mass is 35.5. The van der Waals surface area contributed by atoms with E-state index in [0.717, 1.165) is 0 Å². The molecule has 25 heavy (non-hydrogen) atoms. The zero-order chi connectivity index (χ0) is 18.4. The Bertz CT molecular complexity index is 675. The van der Waals surface area contributed by atoms with Crippen molar-refractivity contribution in [3.63, 3.8) is 0 Å². The molecule has 0 atom stereocenters. The maximum Gasteiger partial charge on any atom is 0.323 e. The van der Waals surface area contributed by atoms with Gasteiger partial charge in [0, 0.05) is 19.2 Å². The minimum atomic E-state index is -1.05. The van der Waals surface area contributed by atoms with E-state index in [9.17, 15) is 9.59 Å². The number of amides is 1. The van der Waals surface area contributed by atoms with E-state index in [1.54, 1.807) is 18.2 Å². The fourth-order valence-electron chi connectivity index (χ4n) is 2.25. The van der Waals surface area contributed by atoms with E-state index >= 15 is 0 Å². The summed E-state index contributed by atoms with van der Waals surface area (Å²) in [6.07, 6.45) is 2.91. The van der Waals surface area contributed by atoms with E-state index in [1.807, 2.05) is 19.0 Å². The molecule has 0 fully saturated rings. The molecule has 1 aromatic rings. The second-order valence-corrected chi connectivity index (χ2v) is 6.22. The van der Waals surface area contributed by atoms with Crippen LogP contribution >= 0.6 is 11.6 Å². The third-order valence-corrected chi connectivity index (χ3v) is 3.77. The zero-order valence-corrected chi connectivity index (χ0v) is 15.0. The Kier molecular flexibility index (Phi) is 6.66. The zero-order valence-electron chi connectivity index (χ0n) is 14.2. The van der Waals surface area contributed by atoms with Gasteiger partial charge < -0.3 is 24.4 Å². The van der Waals surface area contributed by atoms with Crippen LogP contribution in [0.1, 0.15) is 5.56 Å². The average molecular weight is 369 g/mol. The third-order valence-electron chi connectivity index (χ3n) is 3.49. The molecule has 8 heteroatoms. The lowest BCUT2D eigenvalue weighted by atomic mass is 10.1. The molecule has 1 aromatic carbocycles. The molecule has 0 aliphatic carbocycles. The first-order valence-corrected chi connectivity index (χ1v) is 8.17. The Balaban J connectivity index is 2.11. The summed E-state index contributed by atoms with van der Waals surface area (Å²) in [6, 6.07) is 3.39. The van der Waals surface area contributed by atoms with Gasteiger partial charge in [0.1, 0.15) is 19.8 Å². The van der Waals surface area contributed by atoms with Crippen molar-refractivity contribution in [2.75, 3.05) is 46.9 Å². The molecule has 1 heterocycles. The van der Waals surface area contributed by atoms with Crippen LogP contribution in [-0.4, -0.2) is 73.7 Å². The Hall–Kier alpha value is -2.25. The largest absolute Gasteiger partial charge is 0.486 e. The molecule has 0 saturated heterocycles. The summed E-state index contributed by atoms with van der Waals surface area (Å²) in [5.41, 5.74) is 0.672. The van der Waals surface area contributed by atoms with Crippen molar-refractivity contribution < 1.29 is 24.2 Å². The van der Waals surface area contributed by atoms with Crippen LogP contribution < -0.4 is 9.47 Å². The number of nitrogens with zero attached hydrogens (tertiary/aromatic N) is 2. The molecule has 136 valence electrons. The van der Waals surface area contributed by atoms with Gasteiger partial charge in [-0.1, -0.05) is 11.6 Å². The molecule has 1 aliphatic heterocycles. The van der Waals surface area contributed by atoms with Gasteiger partial charge in [0.15, 0.2) is 11.5 Å². The molecule has 7 nitrogen and oxygen atoms in total. The summed E-state index contributed by atoms with van der Waals surface area (Å²) in [6.45, 7) is 1.43. The monoisotopic (exact) mass is 368 g/mol. The predicted molar refractivity (Wildman–Crippen MR) is 94.2 cm³/mol. The molecule has 0 unspecified atom stereocenters. The van der Waals surface area contributed by atoms with Gasteiger partial charge >= 0.3 is 5.97 Å².